The molecule has 4 heteroatoms. The topological polar surface area (TPSA) is 17.6 Å². The summed E-state index contributed by atoms with van der Waals surface area (Å²) in [5.41, 5.74) is 7.20. The van der Waals surface area contributed by atoms with E-state index in [4.69, 9.17) is 0 Å². The summed E-state index contributed by atoms with van der Waals surface area (Å²) < 4.78 is 9.12. The summed E-state index contributed by atoms with van der Waals surface area (Å²) in [6.07, 6.45) is 6.41. The molecule has 0 amide bonds. The SMILES string of the molecule is Cc1c(-n2c3ccccc3c3ccc[n+](C)c32)cccc1-[n+]1ccn(-c2ccccc2)c1C. The Kier molecular flexibility index (Phi) is 4.40. The molecule has 0 saturated heterocycles. The van der Waals surface area contributed by atoms with Crippen LogP contribution >= 0.6 is 0 Å². The first-order valence-electron chi connectivity index (χ1n) is 11.3. The van der Waals surface area contributed by atoms with Crippen LogP contribution in [0.3, 0.4) is 0 Å². The molecule has 6 aromatic rings. The van der Waals surface area contributed by atoms with Crippen molar-refractivity contribution in [3.05, 3.63) is 115 Å². The molecule has 160 valence electrons. The van der Waals surface area contributed by atoms with Gasteiger partial charge in [-0.1, -0.05) is 36.4 Å². The average molecular weight is 431 g/mol. The summed E-state index contributed by atoms with van der Waals surface area (Å²) in [5.74, 6) is 1.16. The quantitative estimate of drug-likeness (QED) is 0.340. The van der Waals surface area contributed by atoms with Gasteiger partial charge in [-0.25, -0.2) is 4.57 Å². The summed E-state index contributed by atoms with van der Waals surface area (Å²) in [5, 5.41) is 2.53. The molecule has 6 rings (SSSR count). The third-order valence-corrected chi connectivity index (χ3v) is 6.67. The predicted octanol–water partition coefficient (Wildman–Crippen LogP) is 5.29. The number of aryl methyl sites for hydroxylation is 1. The number of fused-ring (bicyclic) bond motifs is 3. The van der Waals surface area contributed by atoms with E-state index in [1.807, 2.05) is 0 Å². The second-order valence-electron chi connectivity index (χ2n) is 8.55. The van der Waals surface area contributed by atoms with Crippen LogP contribution in [0.1, 0.15) is 11.4 Å². The van der Waals surface area contributed by atoms with Crippen LogP contribution in [0.5, 0.6) is 0 Å². The molecule has 0 aliphatic rings. The first-order chi connectivity index (χ1) is 16.1. The van der Waals surface area contributed by atoms with Gasteiger partial charge < -0.3 is 0 Å². The lowest BCUT2D eigenvalue weighted by atomic mass is 10.1. The summed E-state index contributed by atoms with van der Waals surface area (Å²) in [4.78, 5) is 0. The van der Waals surface area contributed by atoms with Crippen molar-refractivity contribution in [2.24, 2.45) is 7.05 Å². The number of rotatable bonds is 3. The van der Waals surface area contributed by atoms with Crippen LogP contribution in [0.2, 0.25) is 0 Å². The molecule has 3 aromatic heterocycles. The highest BCUT2D eigenvalue weighted by Gasteiger charge is 2.25. The van der Waals surface area contributed by atoms with Crippen LogP contribution in [0, 0.1) is 13.8 Å². The zero-order chi connectivity index (χ0) is 22.5. The minimum atomic E-state index is 1.16. The van der Waals surface area contributed by atoms with Crippen LogP contribution < -0.4 is 9.13 Å². The maximum atomic E-state index is 2.40. The van der Waals surface area contributed by atoms with Crippen LogP contribution in [0.4, 0.5) is 0 Å². The van der Waals surface area contributed by atoms with E-state index in [1.165, 1.54) is 38.9 Å². The van der Waals surface area contributed by atoms with Gasteiger partial charge in [0.2, 0.25) is 0 Å². The zero-order valence-corrected chi connectivity index (χ0v) is 19.1. The van der Waals surface area contributed by atoms with Gasteiger partial charge in [-0.3, -0.25) is 0 Å². The number of hydrogen-bond acceptors (Lipinski definition) is 0. The number of pyridine rings is 1. The number of hydrogen-bond donors (Lipinski definition) is 0. The van der Waals surface area contributed by atoms with Crippen LogP contribution in [0.15, 0.2) is 104 Å². The monoisotopic (exact) mass is 430 g/mol. The van der Waals surface area contributed by atoms with E-state index >= 15 is 0 Å². The fourth-order valence-electron chi connectivity index (χ4n) is 5.04. The summed E-state index contributed by atoms with van der Waals surface area (Å²) in [7, 11) is 2.12. The standard InChI is InChI=1S/C29H26N4/c1-21-26(32-20-19-31(22(32)2)23-11-5-4-6-12-23)16-9-17-27(21)33-28-15-8-7-13-24(28)25-14-10-18-30(3)29(25)33/h4-20H,1-3H3/q+2. The van der Waals surface area contributed by atoms with Crippen LogP contribution in [-0.4, -0.2) is 9.13 Å². The van der Waals surface area contributed by atoms with Crippen molar-refractivity contribution in [2.45, 2.75) is 13.8 Å². The molecule has 3 heterocycles. The molecule has 0 radical (unpaired) electrons. The highest BCUT2D eigenvalue weighted by Crippen LogP contribution is 2.32. The number of para-hydroxylation sites is 2. The maximum absolute atomic E-state index is 2.40. The molecule has 0 unspecified atom stereocenters. The highest BCUT2D eigenvalue weighted by molar-refractivity contribution is 6.06. The smallest absolute Gasteiger partial charge is 0.236 e. The molecule has 0 spiro atoms. The van der Waals surface area contributed by atoms with Crippen LogP contribution in [0.25, 0.3) is 39.0 Å². The lowest BCUT2D eigenvalue weighted by Crippen LogP contribution is -2.34. The Morgan fingerprint density at radius 2 is 1.45 bits per heavy atom. The molecule has 4 nitrogen and oxygen atoms in total. The van der Waals surface area contributed by atoms with Crippen molar-refractivity contribution >= 4 is 21.9 Å². The van der Waals surface area contributed by atoms with Gasteiger partial charge in [0.1, 0.15) is 35.0 Å². The predicted molar refractivity (Wildman–Crippen MR) is 132 cm³/mol. The Morgan fingerprint density at radius 3 is 2.30 bits per heavy atom. The normalized spacial score (nSPS) is 11.5. The third-order valence-electron chi connectivity index (χ3n) is 6.67. The largest absolute Gasteiger partial charge is 0.294 e. The van der Waals surface area contributed by atoms with E-state index in [2.05, 4.69) is 143 Å². The Labute approximate surface area is 193 Å². The molecule has 0 N–H and O–H groups in total. The van der Waals surface area contributed by atoms with Crippen molar-refractivity contribution in [1.82, 2.24) is 9.13 Å². The van der Waals surface area contributed by atoms with Crippen LogP contribution in [-0.2, 0) is 7.05 Å². The fourth-order valence-corrected chi connectivity index (χ4v) is 5.04. The van der Waals surface area contributed by atoms with Crippen molar-refractivity contribution in [3.63, 3.8) is 0 Å². The number of imidazole rings is 1. The Balaban J connectivity index is 1.60. The molecule has 3 aromatic carbocycles. The average Bonchev–Trinajstić information content (AvgIpc) is 3.39. The Morgan fingerprint density at radius 1 is 0.697 bits per heavy atom. The van der Waals surface area contributed by atoms with Crippen molar-refractivity contribution in [2.75, 3.05) is 0 Å². The van der Waals surface area contributed by atoms with Crippen molar-refractivity contribution < 1.29 is 9.13 Å². The number of nitrogens with zero attached hydrogens (tertiary/aromatic N) is 4. The maximum Gasteiger partial charge on any atom is 0.294 e. The third kappa shape index (κ3) is 2.91. The van der Waals surface area contributed by atoms with E-state index in [9.17, 15) is 0 Å². The second-order valence-corrected chi connectivity index (χ2v) is 8.55. The van der Waals surface area contributed by atoms with E-state index in [0.29, 0.717) is 0 Å². The number of aromatic nitrogens is 4. The lowest BCUT2D eigenvalue weighted by molar-refractivity contribution is -0.647. The molecular formula is C29H26N4+2. The molecule has 0 aliphatic heterocycles. The highest BCUT2D eigenvalue weighted by atomic mass is 15.2. The fraction of sp³-hybridized carbons (Fsp3) is 0.103. The minimum absolute atomic E-state index is 1.16. The molecule has 33 heavy (non-hydrogen) atoms. The molecule has 0 atom stereocenters. The van der Waals surface area contributed by atoms with Crippen molar-refractivity contribution in [3.8, 4) is 17.1 Å². The van der Waals surface area contributed by atoms with E-state index in [-0.39, 0.29) is 0 Å². The second kappa shape index (κ2) is 7.45. The first-order valence-corrected chi connectivity index (χ1v) is 11.3. The minimum Gasteiger partial charge on any atom is -0.236 e. The van der Waals surface area contributed by atoms with Gasteiger partial charge in [0.25, 0.3) is 11.5 Å². The number of benzene rings is 3. The molecule has 0 fully saturated rings. The van der Waals surface area contributed by atoms with Crippen molar-refractivity contribution in [1.29, 1.82) is 0 Å². The summed E-state index contributed by atoms with van der Waals surface area (Å²) in [6.45, 7) is 4.39. The van der Waals surface area contributed by atoms with Gasteiger partial charge in [-0.15, -0.1) is 0 Å². The summed E-state index contributed by atoms with van der Waals surface area (Å²) >= 11 is 0. The first kappa shape index (κ1) is 19.5. The van der Waals surface area contributed by atoms with Gasteiger partial charge in [-0.05, 0) is 55.5 Å². The Bertz CT molecular complexity index is 1640. The zero-order valence-electron chi connectivity index (χ0n) is 19.1. The van der Waals surface area contributed by atoms with E-state index < -0.39 is 0 Å². The van der Waals surface area contributed by atoms with Gasteiger partial charge in [0.15, 0.2) is 0 Å². The lowest BCUT2D eigenvalue weighted by Gasteiger charge is -2.09. The Hall–Kier alpha value is -4.18. The summed E-state index contributed by atoms with van der Waals surface area (Å²) in [6, 6.07) is 30.1. The molecule has 0 aliphatic carbocycles. The van der Waals surface area contributed by atoms with Gasteiger partial charge in [-0.2, -0.15) is 13.7 Å². The van der Waals surface area contributed by atoms with Gasteiger partial charge >= 0.3 is 0 Å². The van der Waals surface area contributed by atoms with E-state index in [1.54, 1.807) is 0 Å². The molecule has 0 bridgehead atoms. The van der Waals surface area contributed by atoms with Gasteiger partial charge in [0, 0.05) is 17.9 Å². The molecule has 0 saturated carbocycles. The van der Waals surface area contributed by atoms with E-state index in [0.717, 1.165) is 11.5 Å². The molecular weight excluding hydrogens is 404 g/mol. The van der Waals surface area contributed by atoms with Gasteiger partial charge in [0.05, 0.1) is 18.6 Å².